The zero-order valence-corrected chi connectivity index (χ0v) is 9.89. The minimum absolute atomic E-state index is 0.0879. The maximum Gasteiger partial charge on any atom is 0.305 e. The quantitative estimate of drug-likeness (QED) is 0.790. The average molecular weight is 227 g/mol. The van der Waals surface area contributed by atoms with Crippen LogP contribution in [0, 0.1) is 0 Å². The Morgan fingerprint density at radius 3 is 2.62 bits per heavy atom. The number of hydrogen-bond acceptors (Lipinski definition) is 3. The summed E-state index contributed by atoms with van der Waals surface area (Å²) in [7, 11) is 0. The van der Waals surface area contributed by atoms with Gasteiger partial charge in [0.2, 0.25) is 0 Å². The molecule has 2 aliphatic heterocycles. The Hall–Kier alpha value is -0.610. The zero-order valence-electron chi connectivity index (χ0n) is 9.89. The maximum absolute atomic E-state index is 10.9. The fraction of sp³-hybridized carbons (Fsp3) is 0.917. The van der Waals surface area contributed by atoms with E-state index >= 15 is 0 Å². The average Bonchev–Trinajstić information content (AvgIpc) is 2.84. The molecule has 0 aliphatic carbocycles. The summed E-state index contributed by atoms with van der Waals surface area (Å²) < 4.78 is 5.83. The van der Waals surface area contributed by atoms with Crippen LogP contribution in [0.2, 0.25) is 0 Å². The number of aliphatic carboxylic acids is 1. The molecule has 0 radical (unpaired) electrons. The summed E-state index contributed by atoms with van der Waals surface area (Å²) in [4.78, 5) is 13.2. The van der Waals surface area contributed by atoms with Crippen molar-refractivity contribution < 1.29 is 14.6 Å². The summed E-state index contributed by atoms with van der Waals surface area (Å²) in [6.45, 7) is 4.14. The van der Waals surface area contributed by atoms with Gasteiger partial charge in [0.1, 0.15) is 0 Å². The van der Waals surface area contributed by atoms with Crippen molar-refractivity contribution in [2.24, 2.45) is 0 Å². The van der Waals surface area contributed by atoms with Crippen molar-refractivity contribution in [1.29, 1.82) is 0 Å². The van der Waals surface area contributed by atoms with Crippen LogP contribution in [-0.4, -0.2) is 47.3 Å². The predicted octanol–water partition coefficient (Wildman–Crippen LogP) is 1.49. The molecule has 1 N–H and O–H groups in total. The number of likely N-dealkylation sites (tertiary alicyclic amines) is 1. The second-order valence-corrected chi connectivity index (χ2v) is 4.97. The lowest BCUT2D eigenvalue weighted by Crippen LogP contribution is -2.43. The molecule has 4 nitrogen and oxygen atoms in total. The van der Waals surface area contributed by atoms with Crippen molar-refractivity contribution in [2.75, 3.05) is 13.1 Å². The molecule has 0 spiro atoms. The molecule has 92 valence electrons. The molecule has 0 aromatic carbocycles. The Balaban J connectivity index is 1.98. The van der Waals surface area contributed by atoms with Gasteiger partial charge in [-0.1, -0.05) is 0 Å². The van der Waals surface area contributed by atoms with Crippen molar-refractivity contribution in [3.8, 4) is 0 Å². The van der Waals surface area contributed by atoms with Crippen LogP contribution in [0.5, 0.6) is 0 Å². The van der Waals surface area contributed by atoms with Crippen molar-refractivity contribution in [1.82, 2.24) is 4.90 Å². The number of carboxylic acids is 1. The second-order valence-electron chi connectivity index (χ2n) is 4.97. The van der Waals surface area contributed by atoms with E-state index in [1.807, 2.05) is 0 Å². The third-order valence-electron chi connectivity index (χ3n) is 3.69. The highest BCUT2D eigenvalue weighted by Gasteiger charge is 2.35. The van der Waals surface area contributed by atoms with E-state index in [0.29, 0.717) is 6.10 Å². The molecule has 2 fully saturated rings. The largest absolute Gasteiger partial charge is 0.481 e. The topological polar surface area (TPSA) is 49.8 Å². The van der Waals surface area contributed by atoms with Gasteiger partial charge in [-0.15, -0.1) is 0 Å². The van der Waals surface area contributed by atoms with Crippen LogP contribution in [0.1, 0.15) is 39.0 Å². The summed E-state index contributed by atoms with van der Waals surface area (Å²) in [5.41, 5.74) is 0. The van der Waals surface area contributed by atoms with Gasteiger partial charge in [-0.2, -0.15) is 0 Å². The zero-order chi connectivity index (χ0) is 11.5. The van der Waals surface area contributed by atoms with Crippen molar-refractivity contribution in [3.05, 3.63) is 0 Å². The summed E-state index contributed by atoms with van der Waals surface area (Å²) >= 11 is 0. The summed E-state index contributed by atoms with van der Waals surface area (Å²) in [5, 5.41) is 8.99. The van der Waals surface area contributed by atoms with Gasteiger partial charge in [0.05, 0.1) is 18.6 Å². The van der Waals surface area contributed by atoms with E-state index in [1.165, 1.54) is 12.8 Å². The van der Waals surface area contributed by atoms with Crippen LogP contribution >= 0.6 is 0 Å². The van der Waals surface area contributed by atoms with E-state index in [-0.39, 0.29) is 18.6 Å². The predicted molar refractivity (Wildman–Crippen MR) is 60.4 cm³/mol. The van der Waals surface area contributed by atoms with Crippen molar-refractivity contribution >= 4 is 5.97 Å². The Kier molecular flexibility index (Phi) is 3.82. The van der Waals surface area contributed by atoms with Gasteiger partial charge < -0.3 is 9.84 Å². The first-order valence-electron chi connectivity index (χ1n) is 6.28. The molecule has 0 saturated carbocycles. The van der Waals surface area contributed by atoms with Crippen LogP contribution in [0.4, 0.5) is 0 Å². The van der Waals surface area contributed by atoms with Crippen LogP contribution in [-0.2, 0) is 9.53 Å². The lowest BCUT2D eigenvalue weighted by atomic mass is 10.0. The monoisotopic (exact) mass is 227 g/mol. The number of rotatable bonds is 4. The van der Waals surface area contributed by atoms with Crippen LogP contribution < -0.4 is 0 Å². The molecule has 3 unspecified atom stereocenters. The number of carbonyl (C=O) groups is 1. The molecule has 4 heteroatoms. The fourth-order valence-electron chi connectivity index (χ4n) is 2.86. The van der Waals surface area contributed by atoms with E-state index in [4.69, 9.17) is 9.84 Å². The molecule has 3 atom stereocenters. The molecule has 16 heavy (non-hydrogen) atoms. The molecule has 2 heterocycles. The van der Waals surface area contributed by atoms with Crippen molar-refractivity contribution in [3.63, 3.8) is 0 Å². The molecule has 0 amide bonds. The number of hydrogen-bond donors (Lipinski definition) is 1. The third-order valence-corrected chi connectivity index (χ3v) is 3.69. The molecule has 0 aromatic rings. The van der Waals surface area contributed by atoms with Gasteiger partial charge in [0, 0.05) is 6.04 Å². The smallest absolute Gasteiger partial charge is 0.305 e. The van der Waals surface area contributed by atoms with E-state index in [9.17, 15) is 4.79 Å². The third kappa shape index (κ3) is 2.74. The highest BCUT2D eigenvalue weighted by atomic mass is 16.5. The first-order chi connectivity index (χ1) is 7.66. The van der Waals surface area contributed by atoms with Gasteiger partial charge in [0.25, 0.3) is 0 Å². The van der Waals surface area contributed by atoms with Gasteiger partial charge >= 0.3 is 5.97 Å². The van der Waals surface area contributed by atoms with E-state index in [1.54, 1.807) is 0 Å². The highest BCUT2D eigenvalue weighted by molar-refractivity contribution is 5.67. The number of ether oxygens (including phenoxy) is 1. The van der Waals surface area contributed by atoms with Crippen LogP contribution in [0.3, 0.4) is 0 Å². The van der Waals surface area contributed by atoms with E-state index in [2.05, 4.69) is 11.8 Å². The SMILES string of the molecule is CC1CCC(C(CC(=O)O)N2CCCC2)O1. The van der Waals surface area contributed by atoms with Gasteiger partial charge in [-0.05, 0) is 45.7 Å². The highest BCUT2D eigenvalue weighted by Crippen LogP contribution is 2.28. The van der Waals surface area contributed by atoms with Crippen LogP contribution in [0.25, 0.3) is 0 Å². The Labute approximate surface area is 96.6 Å². The van der Waals surface area contributed by atoms with E-state index in [0.717, 1.165) is 25.9 Å². The van der Waals surface area contributed by atoms with Gasteiger partial charge in [0.15, 0.2) is 0 Å². The molecule has 0 aromatic heterocycles. The molecule has 2 saturated heterocycles. The maximum atomic E-state index is 10.9. The number of carboxylic acid groups (broad SMARTS) is 1. The fourth-order valence-corrected chi connectivity index (χ4v) is 2.86. The lowest BCUT2D eigenvalue weighted by Gasteiger charge is -2.31. The van der Waals surface area contributed by atoms with Gasteiger partial charge in [-0.3, -0.25) is 9.69 Å². The second kappa shape index (κ2) is 5.15. The van der Waals surface area contributed by atoms with Gasteiger partial charge in [-0.25, -0.2) is 0 Å². The summed E-state index contributed by atoms with van der Waals surface area (Å²) in [6.07, 6.45) is 5.10. The Morgan fingerprint density at radius 1 is 1.44 bits per heavy atom. The summed E-state index contributed by atoms with van der Waals surface area (Å²) in [5.74, 6) is -0.708. The standard InChI is InChI=1S/C12H21NO3/c1-9-4-5-11(16-9)10(8-12(14)15)13-6-2-3-7-13/h9-11H,2-8H2,1H3,(H,14,15). The van der Waals surface area contributed by atoms with E-state index < -0.39 is 5.97 Å². The summed E-state index contributed by atoms with van der Waals surface area (Å²) in [6, 6.07) is 0.0879. The molecule has 0 bridgehead atoms. The Morgan fingerprint density at radius 2 is 2.12 bits per heavy atom. The molecule has 2 rings (SSSR count). The first-order valence-corrected chi connectivity index (χ1v) is 6.28. The lowest BCUT2D eigenvalue weighted by molar-refractivity contribution is -0.140. The molecular weight excluding hydrogens is 206 g/mol. The molecule has 2 aliphatic rings. The number of nitrogens with zero attached hydrogens (tertiary/aromatic N) is 1. The normalized spacial score (nSPS) is 33.1. The minimum atomic E-state index is -0.708. The Bertz CT molecular complexity index is 251. The van der Waals surface area contributed by atoms with Crippen LogP contribution in [0.15, 0.2) is 0 Å². The first kappa shape index (κ1) is 11.9. The molecular formula is C12H21NO3. The minimum Gasteiger partial charge on any atom is -0.481 e. The van der Waals surface area contributed by atoms with Crippen molar-refractivity contribution in [2.45, 2.75) is 57.3 Å².